The number of nitrogens with one attached hydrogen (secondary N) is 1. The molecule has 0 amide bonds. The summed E-state index contributed by atoms with van der Waals surface area (Å²) < 4.78 is 5.55. The molecule has 0 spiro atoms. The van der Waals surface area contributed by atoms with E-state index >= 15 is 0 Å². The van der Waals surface area contributed by atoms with Gasteiger partial charge in [-0.15, -0.1) is 0 Å². The summed E-state index contributed by atoms with van der Waals surface area (Å²) in [7, 11) is 0. The van der Waals surface area contributed by atoms with Gasteiger partial charge in [0.25, 0.3) is 5.89 Å². The molecule has 0 saturated heterocycles. The van der Waals surface area contributed by atoms with Crippen molar-refractivity contribution in [3.63, 3.8) is 0 Å². The van der Waals surface area contributed by atoms with Crippen LogP contribution < -0.4 is 0 Å². The minimum atomic E-state index is -0.249. The molecule has 0 radical (unpaired) electrons. The molecule has 1 fully saturated rings. The number of aryl methyl sites for hydroxylation is 1. The fraction of sp³-hybridized carbons (Fsp3) is 0.318. The van der Waals surface area contributed by atoms with E-state index in [0.29, 0.717) is 11.7 Å². The molecule has 0 bridgehead atoms. The predicted octanol–water partition coefficient (Wildman–Crippen LogP) is 4.64. The molecule has 3 aromatic rings. The molecule has 1 aliphatic rings. The summed E-state index contributed by atoms with van der Waals surface area (Å²) in [6.07, 6.45) is 10.3. The Morgan fingerprint density at radius 3 is 2.66 bits per heavy atom. The minimum Gasteiger partial charge on any atom is -0.334 e. The molecular formula is C22H24N6O. The first-order chi connectivity index (χ1) is 14.0. The van der Waals surface area contributed by atoms with Crippen LogP contribution in [0.3, 0.4) is 0 Å². The van der Waals surface area contributed by atoms with Crippen molar-refractivity contribution in [1.82, 2.24) is 25.3 Å². The van der Waals surface area contributed by atoms with Crippen molar-refractivity contribution in [3.05, 3.63) is 66.2 Å². The van der Waals surface area contributed by atoms with Gasteiger partial charge in [0, 0.05) is 29.4 Å². The van der Waals surface area contributed by atoms with Crippen LogP contribution in [-0.2, 0) is 5.41 Å². The highest BCUT2D eigenvalue weighted by Gasteiger charge is 2.45. The quantitative estimate of drug-likeness (QED) is 0.490. The van der Waals surface area contributed by atoms with Gasteiger partial charge in [0.1, 0.15) is 0 Å². The molecule has 148 valence electrons. The zero-order valence-corrected chi connectivity index (χ0v) is 16.9. The molecule has 3 aromatic heterocycles. The van der Waals surface area contributed by atoms with Gasteiger partial charge in [0.2, 0.25) is 0 Å². The molecule has 7 heteroatoms. The second-order valence-corrected chi connectivity index (χ2v) is 7.56. The summed E-state index contributed by atoms with van der Waals surface area (Å²) in [5.41, 5.74) is 5.30. The second-order valence-electron chi connectivity index (χ2n) is 7.56. The molecule has 0 aromatic carbocycles. The van der Waals surface area contributed by atoms with E-state index in [2.05, 4.69) is 38.0 Å². The Labute approximate surface area is 169 Å². The van der Waals surface area contributed by atoms with Crippen LogP contribution in [0.2, 0.25) is 0 Å². The first-order valence-electron chi connectivity index (χ1n) is 9.68. The van der Waals surface area contributed by atoms with Crippen molar-refractivity contribution in [3.8, 4) is 11.5 Å². The number of aliphatic imine (C=N–C) groups is 1. The van der Waals surface area contributed by atoms with E-state index in [1.54, 1.807) is 18.5 Å². The number of allylic oxidation sites excluding steroid dienone is 2. The minimum absolute atomic E-state index is 0.249. The second kappa shape index (κ2) is 7.58. The van der Waals surface area contributed by atoms with Gasteiger partial charge in [-0.3, -0.25) is 15.1 Å². The topological polar surface area (TPSA) is 92.8 Å². The van der Waals surface area contributed by atoms with Gasteiger partial charge in [0.05, 0.1) is 22.9 Å². The van der Waals surface area contributed by atoms with Crippen LogP contribution in [0.4, 0.5) is 0 Å². The fourth-order valence-electron chi connectivity index (χ4n) is 3.54. The van der Waals surface area contributed by atoms with E-state index < -0.39 is 0 Å². The molecule has 1 aliphatic carbocycles. The SMILES string of the molecule is C=C/C(=C\N=C(C)C)c1ccc(C2(c3noc(-c4cn[nH]c4C)n3)CCC2)cn1. The van der Waals surface area contributed by atoms with Crippen molar-refractivity contribution in [2.45, 2.75) is 45.4 Å². The van der Waals surface area contributed by atoms with Crippen molar-refractivity contribution < 1.29 is 4.52 Å². The van der Waals surface area contributed by atoms with Gasteiger partial charge in [0.15, 0.2) is 5.82 Å². The zero-order valence-electron chi connectivity index (χ0n) is 16.9. The number of rotatable bonds is 6. The number of H-pyrrole nitrogens is 1. The lowest BCUT2D eigenvalue weighted by Gasteiger charge is -2.39. The van der Waals surface area contributed by atoms with E-state index in [9.17, 15) is 0 Å². The van der Waals surface area contributed by atoms with Gasteiger partial charge in [-0.1, -0.05) is 30.3 Å². The zero-order chi connectivity index (χ0) is 20.4. The van der Waals surface area contributed by atoms with Crippen molar-refractivity contribution in [2.24, 2.45) is 4.99 Å². The molecule has 3 heterocycles. The lowest BCUT2D eigenvalue weighted by Crippen LogP contribution is -2.36. The summed E-state index contributed by atoms with van der Waals surface area (Å²) in [5, 5.41) is 11.2. The molecule has 29 heavy (non-hydrogen) atoms. The van der Waals surface area contributed by atoms with Crippen LogP contribution in [-0.4, -0.2) is 31.0 Å². The number of aromatic amines is 1. The van der Waals surface area contributed by atoms with Crippen molar-refractivity contribution in [1.29, 1.82) is 0 Å². The predicted molar refractivity (Wildman–Crippen MR) is 112 cm³/mol. The maximum absolute atomic E-state index is 5.55. The average Bonchev–Trinajstić information content (AvgIpc) is 3.31. The Balaban J connectivity index is 1.65. The maximum atomic E-state index is 5.55. The van der Waals surface area contributed by atoms with Crippen LogP contribution in [0.25, 0.3) is 17.0 Å². The lowest BCUT2D eigenvalue weighted by molar-refractivity contribution is 0.272. The van der Waals surface area contributed by atoms with Gasteiger partial charge >= 0.3 is 0 Å². The number of hydrogen-bond donors (Lipinski definition) is 1. The Bertz CT molecular complexity index is 1080. The van der Waals surface area contributed by atoms with E-state index in [1.807, 2.05) is 33.0 Å². The molecule has 0 atom stereocenters. The number of aromatic nitrogens is 5. The molecule has 0 aliphatic heterocycles. The average molecular weight is 388 g/mol. The molecule has 1 N–H and O–H groups in total. The Morgan fingerprint density at radius 2 is 2.10 bits per heavy atom. The molecule has 0 unspecified atom stereocenters. The number of nitrogens with zero attached hydrogens (tertiary/aromatic N) is 5. The Kier molecular flexibility index (Phi) is 4.96. The maximum Gasteiger partial charge on any atom is 0.261 e. The van der Waals surface area contributed by atoms with Crippen LogP contribution in [0.15, 0.2) is 52.9 Å². The third kappa shape index (κ3) is 3.44. The standard InChI is InChI=1S/C22H24N6O/c1-5-16(11-23-14(2)3)19-8-7-17(12-24-19)22(9-6-10-22)21-26-20(29-28-21)18-13-25-27-15(18)4/h5,7-8,11-13H,1,6,9-10H2,2-4H3,(H,25,27)/b16-11+. The van der Waals surface area contributed by atoms with E-state index in [-0.39, 0.29) is 5.41 Å². The molecule has 4 rings (SSSR count). The number of pyridine rings is 1. The van der Waals surface area contributed by atoms with Crippen LogP contribution >= 0.6 is 0 Å². The third-order valence-electron chi connectivity index (χ3n) is 5.42. The van der Waals surface area contributed by atoms with Crippen LogP contribution in [0, 0.1) is 6.92 Å². The van der Waals surface area contributed by atoms with Gasteiger partial charge in [-0.25, -0.2) is 0 Å². The molecule has 7 nitrogen and oxygen atoms in total. The summed E-state index contributed by atoms with van der Waals surface area (Å²) >= 11 is 0. The normalized spacial score (nSPS) is 15.6. The fourth-order valence-corrected chi connectivity index (χ4v) is 3.54. The van der Waals surface area contributed by atoms with Gasteiger partial charge < -0.3 is 4.52 Å². The van der Waals surface area contributed by atoms with Crippen LogP contribution in [0.1, 0.15) is 55.9 Å². The highest BCUT2D eigenvalue weighted by atomic mass is 16.5. The Hall–Kier alpha value is -3.35. The van der Waals surface area contributed by atoms with Gasteiger partial charge in [-0.2, -0.15) is 10.1 Å². The monoisotopic (exact) mass is 388 g/mol. The van der Waals surface area contributed by atoms with Crippen molar-refractivity contribution >= 4 is 11.3 Å². The summed E-state index contributed by atoms with van der Waals surface area (Å²) in [4.78, 5) is 13.7. The molecule has 1 saturated carbocycles. The van der Waals surface area contributed by atoms with Crippen LogP contribution in [0.5, 0.6) is 0 Å². The smallest absolute Gasteiger partial charge is 0.261 e. The third-order valence-corrected chi connectivity index (χ3v) is 5.42. The first kappa shape index (κ1) is 19.0. The van der Waals surface area contributed by atoms with E-state index in [1.165, 1.54) is 0 Å². The first-order valence-corrected chi connectivity index (χ1v) is 9.68. The Morgan fingerprint density at radius 1 is 1.28 bits per heavy atom. The van der Waals surface area contributed by atoms with E-state index in [4.69, 9.17) is 9.51 Å². The highest BCUT2D eigenvalue weighted by Crippen LogP contribution is 2.48. The largest absolute Gasteiger partial charge is 0.334 e. The summed E-state index contributed by atoms with van der Waals surface area (Å²) in [6.45, 7) is 9.72. The van der Waals surface area contributed by atoms with Gasteiger partial charge in [-0.05, 0) is 45.2 Å². The lowest BCUT2D eigenvalue weighted by atomic mass is 9.64. The summed E-state index contributed by atoms with van der Waals surface area (Å²) in [6, 6.07) is 4.10. The van der Waals surface area contributed by atoms with E-state index in [0.717, 1.165) is 53.1 Å². The molecular weight excluding hydrogens is 364 g/mol. The summed E-state index contributed by atoms with van der Waals surface area (Å²) in [5.74, 6) is 1.20. The number of hydrogen-bond acceptors (Lipinski definition) is 6. The highest BCUT2D eigenvalue weighted by molar-refractivity contribution is 5.81. The van der Waals surface area contributed by atoms with Crippen molar-refractivity contribution in [2.75, 3.05) is 0 Å².